The van der Waals surface area contributed by atoms with Crippen molar-refractivity contribution in [2.24, 2.45) is 0 Å². The number of hydrogen-bond acceptors (Lipinski definition) is 2. The molecule has 0 saturated heterocycles. The van der Waals surface area contributed by atoms with Gasteiger partial charge in [-0.1, -0.05) is 23.4 Å². The molecule has 1 aromatic heterocycles. The molecule has 14 heavy (non-hydrogen) atoms. The zero-order valence-electron chi connectivity index (χ0n) is 7.67. The van der Waals surface area contributed by atoms with Crippen LogP contribution in [0.5, 0.6) is 0 Å². The van der Waals surface area contributed by atoms with E-state index >= 15 is 0 Å². The number of nitrogens with zero attached hydrogens (tertiary/aromatic N) is 1. The van der Waals surface area contributed by atoms with E-state index in [2.05, 4.69) is 22.1 Å². The summed E-state index contributed by atoms with van der Waals surface area (Å²) in [5, 5.41) is 2.98. The SMILES string of the molecule is CC(=O)NCC#Cc1ccnc(Cl)c1. The molecule has 4 heteroatoms. The van der Waals surface area contributed by atoms with Gasteiger partial charge in [-0.05, 0) is 12.1 Å². The van der Waals surface area contributed by atoms with E-state index in [0.717, 1.165) is 5.56 Å². The van der Waals surface area contributed by atoms with Crippen molar-refractivity contribution >= 4 is 17.5 Å². The molecule has 0 aliphatic rings. The third-order valence-corrected chi connectivity index (χ3v) is 1.59. The first-order valence-corrected chi connectivity index (χ1v) is 4.41. The molecule has 0 aromatic carbocycles. The Morgan fingerprint density at radius 1 is 1.71 bits per heavy atom. The van der Waals surface area contributed by atoms with E-state index in [0.29, 0.717) is 11.7 Å². The quantitative estimate of drug-likeness (QED) is 0.557. The molecule has 0 unspecified atom stereocenters. The van der Waals surface area contributed by atoms with Gasteiger partial charge in [0.15, 0.2) is 0 Å². The summed E-state index contributed by atoms with van der Waals surface area (Å²) >= 11 is 5.66. The van der Waals surface area contributed by atoms with Gasteiger partial charge in [0, 0.05) is 18.7 Å². The minimum Gasteiger partial charge on any atom is -0.345 e. The molecule has 0 aliphatic carbocycles. The maximum atomic E-state index is 10.5. The summed E-state index contributed by atoms with van der Waals surface area (Å²) < 4.78 is 0. The fraction of sp³-hybridized carbons (Fsp3) is 0.200. The van der Waals surface area contributed by atoms with E-state index in [1.807, 2.05) is 0 Å². The summed E-state index contributed by atoms with van der Waals surface area (Å²) in [5.41, 5.74) is 0.787. The zero-order valence-corrected chi connectivity index (χ0v) is 8.43. The highest BCUT2D eigenvalue weighted by atomic mass is 35.5. The van der Waals surface area contributed by atoms with Crippen molar-refractivity contribution in [1.29, 1.82) is 0 Å². The predicted molar refractivity (Wildman–Crippen MR) is 54.8 cm³/mol. The molecule has 3 nitrogen and oxygen atoms in total. The molecule has 0 aliphatic heterocycles. The second kappa shape index (κ2) is 5.25. The fourth-order valence-electron chi connectivity index (χ4n) is 0.795. The predicted octanol–water partition coefficient (Wildman–Crippen LogP) is 1.22. The van der Waals surface area contributed by atoms with Crippen LogP contribution in [0.1, 0.15) is 12.5 Å². The average Bonchev–Trinajstić information content (AvgIpc) is 2.12. The van der Waals surface area contributed by atoms with Gasteiger partial charge in [0.05, 0.1) is 6.54 Å². The van der Waals surface area contributed by atoms with Gasteiger partial charge in [-0.15, -0.1) is 0 Å². The lowest BCUT2D eigenvalue weighted by atomic mass is 10.3. The second-order valence-corrected chi connectivity index (χ2v) is 2.97. The van der Waals surface area contributed by atoms with Crippen LogP contribution in [0.3, 0.4) is 0 Å². The van der Waals surface area contributed by atoms with E-state index in [4.69, 9.17) is 11.6 Å². The summed E-state index contributed by atoms with van der Waals surface area (Å²) in [5.74, 6) is 5.55. The Morgan fingerprint density at radius 3 is 3.14 bits per heavy atom. The van der Waals surface area contributed by atoms with Gasteiger partial charge in [0.1, 0.15) is 5.15 Å². The summed E-state index contributed by atoms with van der Waals surface area (Å²) in [6, 6.07) is 3.43. The van der Waals surface area contributed by atoms with Gasteiger partial charge < -0.3 is 5.32 Å². The van der Waals surface area contributed by atoms with Crippen LogP contribution < -0.4 is 5.32 Å². The van der Waals surface area contributed by atoms with Gasteiger partial charge in [0.2, 0.25) is 5.91 Å². The summed E-state index contributed by atoms with van der Waals surface area (Å²) in [7, 11) is 0. The van der Waals surface area contributed by atoms with Gasteiger partial charge >= 0.3 is 0 Å². The maximum absolute atomic E-state index is 10.5. The number of amides is 1. The summed E-state index contributed by atoms with van der Waals surface area (Å²) in [6.45, 7) is 1.79. The number of rotatable bonds is 1. The summed E-state index contributed by atoms with van der Waals surface area (Å²) in [6.07, 6.45) is 1.59. The lowest BCUT2D eigenvalue weighted by Crippen LogP contribution is -2.19. The first-order valence-electron chi connectivity index (χ1n) is 4.03. The van der Waals surface area contributed by atoms with E-state index in [1.165, 1.54) is 6.92 Å². The molecule has 0 radical (unpaired) electrons. The minimum absolute atomic E-state index is 0.0907. The lowest BCUT2D eigenvalue weighted by molar-refractivity contribution is -0.118. The Balaban J connectivity index is 2.55. The Bertz CT molecular complexity index is 393. The number of carbonyl (C=O) groups excluding carboxylic acids is 1. The second-order valence-electron chi connectivity index (χ2n) is 2.58. The number of halogens is 1. The topological polar surface area (TPSA) is 42.0 Å². The molecule has 0 fully saturated rings. The van der Waals surface area contributed by atoms with Crippen LogP contribution in [-0.2, 0) is 4.79 Å². The van der Waals surface area contributed by atoms with Gasteiger partial charge in [0.25, 0.3) is 0 Å². The van der Waals surface area contributed by atoms with Crippen LogP contribution in [0.25, 0.3) is 0 Å². The zero-order chi connectivity index (χ0) is 10.4. The third kappa shape index (κ3) is 3.92. The van der Waals surface area contributed by atoms with E-state index in [1.54, 1.807) is 18.3 Å². The monoisotopic (exact) mass is 208 g/mol. The van der Waals surface area contributed by atoms with Crippen molar-refractivity contribution in [2.45, 2.75) is 6.92 Å². The molecule has 1 amide bonds. The van der Waals surface area contributed by atoms with E-state index in [9.17, 15) is 4.79 Å². The van der Waals surface area contributed by atoms with Crippen LogP contribution in [-0.4, -0.2) is 17.4 Å². The number of aromatic nitrogens is 1. The molecule has 0 atom stereocenters. The van der Waals surface area contributed by atoms with Crippen LogP contribution >= 0.6 is 11.6 Å². The van der Waals surface area contributed by atoms with Crippen molar-refractivity contribution < 1.29 is 4.79 Å². The van der Waals surface area contributed by atoms with Crippen LogP contribution in [0.4, 0.5) is 0 Å². The number of hydrogen-bond donors (Lipinski definition) is 1. The highest BCUT2D eigenvalue weighted by molar-refractivity contribution is 6.29. The molecular weight excluding hydrogens is 200 g/mol. The van der Waals surface area contributed by atoms with Crippen molar-refractivity contribution in [3.05, 3.63) is 29.0 Å². The van der Waals surface area contributed by atoms with E-state index in [-0.39, 0.29) is 5.91 Å². The van der Waals surface area contributed by atoms with Crippen molar-refractivity contribution in [3.8, 4) is 11.8 Å². The molecule has 0 spiro atoms. The standard InChI is InChI=1S/C10H9ClN2O/c1-8(14)12-5-2-3-9-4-6-13-10(11)7-9/h4,6-7H,5H2,1H3,(H,12,14). The van der Waals surface area contributed by atoms with Crippen LogP contribution in [0.15, 0.2) is 18.3 Å². The molecule has 1 N–H and O–H groups in total. The number of carbonyl (C=O) groups is 1. The van der Waals surface area contributed by atoms with Crippen LogP contribution in [0, 0.1) is 11.8 Å². The highest BCUT2D eigenvalue weighted by Crippen LogP contribution is 2.04. The molecular formula is C10H9ClN2O. The van der Waals surface area contributed by atoms with Gasteiger partial charge in [-0.3, -0.25) is 4.79 Å². The molecule has 1 aromatic rings. The van der Waals surface area contributed by atoms with Crippen molar-refractivity contribution in [2.75, 3.05) is 6.54 Å². The fourth-order valence-corrected chi connectivity index (χ4v) is 0.969. The molecule has 72 valence electrons. The molecule has 0 saturated carbocycles. The third-order valence-electron chi connectivity index (χ3n) is 1.39. The Morgan fingerprint density at radius 2 is 2.50 bits per heavy atom. The number of nitrogens with one attached hydrogen (secondary N) is 1. The van der Waals surface area contributed by atoms with Crippen molar-refractivity contribution in [3.63, 3.8) is 0 Å². The maximum Gasteiger partial charge on any atom is 0.217 e. The van der Waals surface area contributed by atoms with Gasteiger partial charge in [-0.25, -0.2) is 4.98 Å². The average molecular weight is 209 g/mol. The van der Waals surface area contributed by atoms with E-state index < -0.39 is 0 Å². The van der Waals surface area contributed by atoms with Gasteiger partial charge in [-0.2, -0.15) is 0 Å². The molecule has 1 heterocycles. The van der Waals surface area contributed by atoms with Crippen molar-refractivity contribution in [1.82, 2.24) is 10.3 Å². The largest absolute Gasteiger partial charge is 0.345 e. The minimum atomic E-state index is -0.0907. The van der Waals surface area contributed by atoms with Crippen LogP contribution in [0.2, 0.25) is 5.15 Å². The first kappa shape index (κ1) is 10.6. The highest BCUT2D eigenvalue weighted by Gasteiger charge is 1.89. The number of pyridine rings is 1. The molecule has 1 rings (SSSR count). The Kier molecular flexibility index (Phi) is 3.96. The Labute approximate surface area is 87.5 Å². The lowest BCUT2D eigenvalue weighted by Gasteiger charge is -1.92. The first-order chi connectivity index (χ1) is 6.68. The summed E-state index contributed by atoms with van der Waals surface area (Å²) in [4.78, 5) is 14.3. The molecule has 0 bridgehead atoms. The Hall–Kier alpha value is -1.53. The smallest absolute Gasteiger partial charge is 0.217 e. The normalized spacial score (nSPS) is 8.71.